The van der Waals surface area contributed by atoms with Crippen LogP contribution in [-0.2, 0) is 0 Å². The van der Waals surface area contributed by atoms with Crippen molar-refractivity contribution in [2.75, 3.05) is 13.2 Å². The Morgan fingerprint density at radius 3 is 2.74 bits per heavy atom. The maximum absolute atomic E-state index is 13.2. The Hall–Kier alpha value is -2.37. The minimum Gasteiger partial charge on any atom is -0.486 e. The summed E-state index contributed by atoms with van der Waals surface area (Å²) in [4.78, 5) is 17.8. The molecule has 0 spiro atoms. The van der Waals surface area contributed by atoms with Crippen LogP contribution in [0.5, 0.6) is 11.5 Å². The molecule has 0 fully saturated rings. The van der Waals surface area contributed by atoms with Crippen LogP contribution in [0.3, 0.4) is 0 Å². The molecule has 1 aromatic carbocycles. The van der Waals surface area contributed by atoms with Crippen LogP contribution in [0.25, 0.3) is 11.4 Å². The second kappa shape index (κ2) is 4.38. The van der Waals surface area contributed by atoms with E-state index in [2.05, 4.69) is 9.97 Å². The number of nitrogens with one attached hydrogen (secondary N) is 1. The van der Waals surface area contributed by atoms with Crippen molar-refractivity contribution in [1.82, 2.24) is 9.97 Å². The van der Waals surface area contributed by atoms with Crippen molar-refractivity contribution in [3.63, 3.8) is 0 Å². The number of aryl methyl sites for hydroxylation is 1. The summed E-state index contributed by atoms with van der Waals surface area (Å²) in [5.74, 6) is 0.687. The average Bonchev–Trinajstić information content (AvgIpc) is 2.43. The van der Waals surface area contributed by atoms with Crippen LogP contribution >= 0.6 is 0 Å². The fraction of sp³-hybridized carbons (Fsp3) is 0.231. The summed E-state index contributed by atoms with van der Waals surface area (Å²) < 4.78 is 24.1. The van der Waals surface area contributed by atoms with Gasteiger partial charge in [0.05, 0.1) is 5.69 Å². The molecule has 0 aliphatic carbocycles. The van der Waals surface area contributed by atoms with Crippen LogP contribution in [0.4, 0.5) is 4.39 Å². The molecule has 0 amide bonds. The number of aromatic amines is 1. The molecule has 2 heterocycles. The Morgan fingerprint density at radius 1 is 1.26 bits per heavy atom. The van der Waals surface area contributed by atoms with Crippen LogP contribution in [0.2, 0.25) is 0 Å². The number of aromatic nitrogens is 2. The molecule has 1 N–H and O–H groups in total. The summed E-state index contributed by atoms with van der Waals surface area (Å²) in [6.45, 7) is 2.44. The average molecular weight is 262 g/mol. The molecular weight excluding hydrogens is 251 g/mol. The van der Waals surface area contributed by atoms with Crippen molar-refractivity contribution in [3.05, 3.63) is 40.1 Å². The molecule has 0 unspecified atom stereocenters. The topological polar surface area (TPSA) is 64.2 Å². The molecule has 1 aliphatic heterocycles. The molecule has 0 atom stereocenters. The third-order valence-corrected chi connectivity index (χ3v) is 2.84. The molecular formula is C13H11FN2O3. The Balaban J connectivity index is 2.09. The second-order valence-electron chi connectivity index (χ2n) is 4.17. The highest BCUT2D eigenvalue weighted by Gasteiger charge is 2.14. The zero-order valence-corrected chi connectivity index (χ0v) is 10.2. The highest BCUT2D eigenvalue weighted by Crippen LogP contribution is 2.33. The van der Waals surface area contributed by atoms with Gasteiger partial charge >= 0.3 is 0 Å². The minimum absolute atomic E-state index is 0.0636. The first-order chi connectivity index (χ1) is 9.15. The van der Waals surface area contributed by atoms with E-state index in [9.17, 15) is 9.18 Å². The number of hydrogen-bond donors (Lipinski definition) is 1. The number of fused-ring (bicyclic) bond motifs is 1. The van der Waals surface area contributed by atoms with Gasteiger partial charge in [-0.1, -0.05) is 0 Å². The van der Waals surface area contributed by atoms with Gasteiger partial charge in [0, 0.05) is 5.56 Å². The monoisotopic (exact) mass is 262 g/mol. The van der Waals surface area contributed by atoms with E-state index in [-0.39, 0.29) is 5.69 Å². The van der Waals surface area contributed by atoms with Gasteiger partial charge in [0.1, 0.15) is 19.0 Å². The maximum Gasteiger partial charge on any atom is 0.287 e. The van der Waals surface area contributed by atoms with Gasteiger partial charge in [-0.25, -0.2) is 4.98 Å². The molecule has 0 saturated heterocycles. The molecule has 3 rings (SSSR count). The molecule has 19 heavy (non-hydrogen) atoms. The lowest BCUT2D eigenvalue weighted by Gasteiger charge is -2.18. The number of ether oxygens (including phenoxy) is 2. The summed E-state index contributed by atoms with van der Waals surface area (Å²) in [5, 5.41) is 0. The van der Waals surface area contributed by atoms with Gasteiger partial charge in [0.25, 0.3) is 5.56 Å². The lowest BCUT2D eigenvalue weighted by Crippen LogP contribution is -2.16. The second-order valence-corrected chi connectivity index (χ2v) is 4.17. The van der Waals surface area contributed by atoms with Gasteiger partial charge in [0.2, 0.25) is 5.82 Å². The summed E-state index contributed by atoms with van der Waals surface area (Å²) >= 11 is 0. The molecule has 2 aromatic rings. The number of hydrogen-bond acceptors (Lipinski definition) is 4. The van der Waals surface area contributed by atoms with E-state index >= 15 is 0 Å². The highest BCUT2D eigenvalue weighted by atomic mass is 19.1. The van der Waals surface area contributed by atoms with Crippen LogP contribution < -0.4 is 15.0 Å². The number of rotatable bonds is 1. The van der Waals surface area contributed by atoms with E-state index in [4.69, 9.17) is 9.47 Å². The Kier molecular flexibility index (Phi) is 2.70. The number of halogens is 1. The molecule has 5 nitrogen and oxygen atoms in total. The summed E-state index contributed by atoms with van der Waals surface area (Å²) in [7, 11) is 0. The molecule has 1 aliphatic rings. The van der Waals surface area contributed by atoms with Crippen LogP contribution in [0, 0.1) is 12.7 Å². The summed E-state index contributed by atoms with van der Waals surface area (Å²) in [5.41, 5.74) is -0.0736. The number of H-pyrrole nitrogens is 1. The van der Waals surface area contributed by atoms with Gasteiger partial charge in [0.15, 0.2) is 11.5 Å². The van der Waals surface area contributed by atoms with E-state index in [1.165, 1.54) is 6.92 Å². The van der Waals surface area contributed by atoms with Crippen molar-refractivity contribution >= 4 is 0 Å². The molecule has 0 bridgehead atoms. The van der Waals surface area contributed by atoms with Crippen molar-refractivity contribution in [2.24, 2.45) is 0 Å². The van der Waals surface area contributed by atoms with E-state index < -0.39 is 11.4 Å². The number of nitrogens with zero attached hydrogens (tertiary/aromatic N) is 1. The Morgan fingerprint density at radius 2 is 2.00 bits per heavy atom. The van der Waals surface area contributed by atoms with E-state index in [1.54, 1.807) is 18.2 Å². The molecule has 1 aromatic heterocycles. The zero-order valence-electron chi connectivity index (χ0n) is 10.2. The quantitative estimate of drug-likeness (QED) is 0.848. The van der Waals surface area contributed by atoms with Crippen molar-refractivity contribution in [2.45, 2.75) is 6.92 Å². The van der Waals surface area contributed by atoms with Crippen molar-refractivity contribution in [3.8, 4) is 22.9 Å². The van der Waals surface area contributed by atoms with E-state index in [0.717, 1.165) is 0 Å². The number of benzene rings is 1. The lowest BCUT2D eigenvalue weighted by molar-refractivity contribution is 0.171. The van der Waals surface area contributed by atoms with Gasteiger partial charge < -0.3 is 14.5 Å². The first-order valence-corrected chi connectivity index (χ1v) is 5.81. The van der Waals surface area contributed by atoms with E-state index in [0.29, 0.717) is 36.1 Å². The third-order valence-electron chi connectivity index (χ3n) is 2.84. The smallest absolute Gasteiger partial charge is 0.287 e. The van der Waals surface area contributed by atoms with Gasteiger partial charge in [-0.3, -0.25) is 4.79 Å². The predicted octanol–water partition coefficient (Wildman–Crippen LogP) is 1.66. The molecule has 6 heteroatoms. The summed E-state index contributed by atoms with van der Waals surface area (Å²) in [6.07, 6.45) is 0. The predicted molar refractivity (Wildman–Crippen MR) is 66.0 cm³/mol. The standard InChI is InChI=1S/C13H11FN2O3/c1-7-11(14)13(17)16-12(15-7)8-2-3-9-10(6-8)19-5-4-18-9/h2-3,6H,4-5H2,1H3,(H,15,16,17). The van der Waals surface area contributed by atoms with Gasteiger partial charge in [-0.2, -0.15) is 4.39 Å². The normalized spacial score (nSPS) is 13.4. The highest BCUT2D eigenvalue weighted by molar-refractivity contribution is 5.61. The van der Waals surface area contributed by atoms with Gasteiger partial charge in [-0.05, 0) is 25.1 Å². The molecule has 98 valence electrons. The first-order valence-electron chi connectivity index (χ1n) is 5.81. The van der Waals surface area contributed by atoms with Crippen LogP contribution in [0.1, 0.15) is 5.69 Å². The fourth-order valence-corrected chi connectivity index (χ4v) is 1.90. The van der Waals surface area contributed by atoms with Gasteiger partial charge in [-0.15, -0.1) is 0 Å². The molecule has 0 saturated carbocycles. The Bertz CT molecular complexity index is 697. The van der Waals surface area contributed by atoms with Crippen LogP contribution in [-0.4, -0.2) is 23.2 Å². The van der Waals surface area contributed by atoms with Crippen molar-refractivity contribution in [1.29, 1.82) is 0 Å². The SMILES string of the molecule is Cc1nc(-c2ccc3c(c2)OCCO3)[nH]c(=O)c1F. The summed E-state index contributed by atoms with van der Waals surface area (Å²) in [6, 6.07) is 5.19. The van der Waals surface area contributed by atoms with Crippen LogP contribution in [0.15, 0.2) is 23.0 Å². The first kappa shape index (κ1) is 11.7. The lowest BCUT2D eigenvalue weighted by atomic mass is 10.1. The third kappa shape index (κ3) is 2.05. The zero-order chi connectivity index (χ0) is 13.4. The molecule has 0 radical (unpaired) electrons. The maximum atomic E-state index is 13.2. The minimum atomic E-state index is -0.860. The fourth-order valence-electron chi connectivity index (χ4n) is 1.90. The van der Waals surface area contributed by atoms with Crippen molar-refractivity contribution < 1.29 is 13.9 Å². The Labute approximate surface area is 108 Å². The van der Waals surface area contributed by atoms with E-state index in [1.807, 2.05) is 0 Å². The largest absolute Gasteiger partial charge is 0.486 e.